The number of alkyl halides is 3. The Balaban J connectivity index is 0.00000162. The zero-order valence-corrected chi connectivity index (χ0v) is 19.7. The average Bonchev–Trinajstić information content (AvgIpc) is 3.38. The van der Waals surface area contributed by atoms with Crippen molar-refractivity contribution in [3.8, 4) is 17.3 Å². The molecule has 182 valence electrons. The molecule has 0 unspecified atom stereocenters. The normalized spacial score (nSPS) is 17.4. The second-order valence-corrected chi connectivity index (χ2v) is 7.93. The third-order valence-electron chi connectivity index (χ3n) is 5.80. The Morgan fingerprint density at radius 3 is 2.56 bits per heavy atom. The molecule has 12 heteroatoms. The summed E-state index contributed by atoms with van der Waals surface area (Å²) in [5.41, 5.74) is 7.54. The Kier molecular flexibility index (Phi) is 7.56. The minimum absolute atomic E-state index is 0. The van der Waals surface area contributed by atoms with Gasteiger partial charge in [-0.05, 0) is 30.2 Å². The van der Waals surface area contributed by atoms with Gasteiger partial charge in [-0.2, -0.15) is 13.2 Å². The van der Waals surface area contributed by atoms with E-state index in [2.05, 4.69) is 15.2 Å². The lowest BCUT2D eigenvalue weighted by molar-refractivity contribution is -0.183. The summed E-state index contributed by atoms with van der Waals surface area (Å²) in [5.74, 6) is 0.954. The van der Waals surface area contributed by atoms with Crippen molar-refractivity contribution in [2.24, 2.45) is 5.73 Å². The average molecular weight is 515 g/mol. The third-order valence-corrected chi connectivity index (χ3v) is 5.80. The predicted octanol–water partition coefficient (Wildman–Crippen LogP) is 4.43. The molecule has 34 heavy (non-hydrogen) atoms. The van der Waals surface area contributed by atoms with E-state index >= 15 is 0 Å². The van der Waals surface area contributed by atoms with Crippen LogP contribution in [0.1, 0.15) is 18.0 Å². The van der Waals surface area contributed by atoms with Crippen LogP contribution in [0.15, 0.2) is 48.7 Å². The van der Waals surface area contributed by atoms with Crippen LogP contribution in [0, 0.1) is 0 Å². The monoisotopic (exact) mass is 514 g/mol. The van der Waals surface area contributed by atoms with Crippen LogP contribution < -0.4 is 10.5 Å². The number of nitrogens with zero attached hydrogens (tertiary/aromatic N) is 5. The molecule has 7 nitrogen and oxygen atoms in total. The fourth-order valence-corrected chi connectivity index (χ4v) is 4.31. The molecular formula is C22H23Cl2F3N6O. The molecule has 1 aliphatic heterocycles. The van der Waals surface area contributed by atoms with Crippen molar-refractivity contribution in [1.29, 1.82) is 0 Å². The van der Waals surface area contributed by atoms with Crippen LogP contribution in [0.4, 0.5) is 13.2 Å². The third kappa shape index (κ3) is 4.63. The fraction of sp³-hybridized carbons (Fsp3) is 0.318. The highest BCUT2D eigenvalue weighted by Crippen LogP contribution is 2.39. The van der Waals surface area contributed by atoms with Gasteiger partial charge in [0.2, 0.25) is 0 Å². The molecule has 0 aliphatic carbocycles. The Bertz CT molecular complexity index is 1300. The molecule has 0 bridgehead atoms. The van der Waals surface area contributed by atoms with Gasteiger partial charge in [-0.1, -0.05) is 24.3 Å². The molecule has 0 spiro atoms. The van der Waals surface area contributed by atoms with Crippen LogP contribution in [0.3, 0.4) is 0 Å². The van der Waals surface area contributed by atoms with Crippen LogP contribution in [-0.2, 0) is 0 Å². The lowest BCUT2D eigenvalue weighted by atomic mass is 10.1. The summed E-state index contributed by atoms with van der Waals surface area (Å²) in [6, 6.07) is 10.2. The minimum Gasteiger partial charge on any atom is -0.494 e. The first-order valence-corrected chi connectivity index (χ1v) is 10.2. The van der Waals surface area contributed by atoms with Gasteiger partial charge in [0, 0.05) is 30.7 Å². The summed E-state index contributed by atoms with van der Waals surface area (Å²) in [7, 11) is 1.56. The van der Waals surface area contributed by atoms with Crippen molar-refractivity contribution in [3.05, 3.63) is 54.2 Å². The Labute approximate surface area is 205 Å². The Morgan fingerprint density at radius 2 is 1.88 bits per heavy atom. The van der Waals surface area contributed by atoms with Gasteiger partial charge in [0.1, 0.15) is 23.0 Å². The summed E-state index contributed by atoms with van der Waals surface area (Å²) in [6.45, 7) is 0.494. The summed E-state index contributed by atoms with van der Waals surface area (Å²) in [5, 5.41) is 9.19. The standard InChI is InChI=1S/C22H21F3N6O.2ClH/c1-32-17-4-2-3-13-5-7-16(27-19(13)17)21-29-28-18-8-6-14(11-31(18)21)20(22(23,24)25)30-10-9-15(26)12-30;;/h2-8,11,15,20H,9-10,12,26H2,1H3;2*1H/t15-,20+;;/m0../s1. The molecule has 1 aromatic carbocycles. The van der Waals surface area contributed by atoms with E-state index in [9.17, 15) is 13.2 Å². The van der Waals surface area contributed by atoms with E-state index in [1.54, 1.807) is 29.7 Å². The first-order valence-electron chi connectivity index (χ1n) is 10.2. The molecule has 2 N–H and O–H groups in total. The lowest BCUT2D eigenvalue weighted by Gasteiger charge is -2.30. The molecule has 1 aliphatic rings. The molecule has 4 heterocycles. The van der Waals surface area contributed by atoms with E-state index in [-0.39, 0.29) is 43.0 Å². The van der Waals surface area contributed by atoms with Gasteiger partial charge in [-0.15, -0.1) is 35.0 Å². The number of rotatable bonds is 4. The zero-order valence-electron chi connectivity index (χ0n) is 18.1. The highest BCUT2D eigenvalue weighted by atomic mass is 35.5. The number of methoxy groups -OCH3 is 1. The number of hydrogen-bond donors (Lipinski definition) is 1. The fourth-order valence-electron chi connectivity index (χ4n) is 4.31. The Morgan fingerprint density at radius 1 is 1.09 bits per heavy atom. The number of pyridine rings is 2. The number of aromatic nitrogens is 4. The maximum atomic E-state index is 14.0. The van der Waals surface area contributed by atoms with Crippen LogP contribution in [0.2, 0.25) is 0 Å². The van der Waals surface area contributed by atoms with Crippen molar-refractivity contribution < 1.29 is 17.9 Å². The number of nitrogens with two attached hydrogens (primary N) is 1. The summed E-state index contributed by atoms with van der Waals surface area (Å²) in [6.07, 6.45) is -2.46. The van der Waals surface area contributed by atoms with Gasteiger partial charge in [0.25, 0.3) is 0 Å². The Hall–Kier alpha value is -2.66. The number of halogens is 5. The number of ether oxygens (including phenoxy) is 1. The van der Waals surface area contributed by atoms with Gasteiger partial charge in [-0.3, -0.25) is 9.30 Å². The van der Waals surface area contributed by atoms with Crippen molar-refractivity contribution in [2.45, 2.75) is 24.7 Å². The van der Waals surface area contributed by atoms with Gasteiger partial charge < -0.3 is 10.5 Å². The molecule has 2 atom stereocenters. The second-order valence-electron chi connectivity index (χ2n) is 7.93. The SMILES string of the molecule is COc1cccc2ccc(-c3nnc4ccc([C@@H](N5CC[C@H](N)C5)C(F)(F)F)cn34)nc12.Cl.Cl. The highest BCUT2D eigenvalue weighted by Gasteiger charge is 2.46. The van der Waals surface area contributed by atoms with Crippen molar-refractivity contribution in [3.63, 3.8) is 0 Å². The molecule has 5 rings (SSSR count). The van der Waals surface area contributed by atoms with Crippen LogP contribution >= 0.6 is 24.8 Å². The van der Waals surface area contributed by atoms with Crippen LogP contribution in [0.25, 0.3) is 28.1 Å². The quantitative estimate of drug-likeness (QED) is 0.433. The largest absolute Gasteiger partial charge is 0.494 e. The van der Waals surface area contributed by atoms with Gasteiger partial charge in [-0.25, -0.2) is 4.98 Å². The van der Waals surface area contributed by atoms with E-state index in [4.69, 9.17) is 10.5 Å². The second kappa shape index (κ2) is 9.91. The molecule has 0 saturated carbocycles. The summed E-state index contributed by atoms with van der Waals surface area (Å²) in [4.78, 5) is 6.04. The van der Waals surface area contributed by atoms with Gasteiger partial charge in [0.05, 0.1) is 7.11 Å². The number of hydrogen-bond acceptors (Lipinski definition) is 6. The smallest absolute Gasteiger partial charge is 0.408 e. The van der Waals surface area contributed by atoms with Crippen LogP contribution in [-0.4, -0.2) is 56.9 Å². The number of fused-ring (bicyclic) bond motifs is 2. The van der Waals surface area contributed by atoms with E-state index in [1.807, 2.05) is 18.2 Å². The highest BCUT2D eigenvalue weighted by molar-refractivity contribution is 5.86. The first-order chi connectivity index (χ1) is 15.3. The number of likely N-dealkylation sites (tertiary alicyclic amines) is 1. The van der Waals surface area contributed by atoms with E-state index in [0.29, 0.717) is 41.4 Å². The van der Waals surface area contributed by atoms with Crippen molar-refractivity contribution in [2.75, 3.05) is 20.2 Å². The molecule has 0 amide bonds. The molecular weight excluding hydrogens is 492 g/mol. The molecule has 1 fully saturated rings. The van der Waals surface area contributed by atoms with E-state index < -0.39 is 12.2 Å². The number of benzene rings is 1. The van der Waals surface area contributed by atoms with Gasteiger partial charge in [0.15, 0.2) is 11.5 Å². The zero-order chi connectivity index (χ0) is 22.5. The maximum Gasteiger partial charge on any atom is 0.408 e. The molecule has 1 saturated heterocycles. The maximum absolute atomic E-state index is 14.0. The summed E-state index contributed by atoms with van der Waals surface area (Å²) >= 11 is 0. The summed E-state index contributed by atoms with van der Waals surface area (Å²) < 4.78 is 49.1. The molecule has 0 radical (unpaired) electrons. The predicted molar refractivity (Wildman–Crippen MR) is 128 cm³/mol. The molecule has 4 aromatic rings. The minimum atomic E-state index is -4.44. The lowest BCUT2D eigenvalue weighted by Crippen LogP contribution is -2.38. The van der Waals surface area contributed by atoms with Crippen molar-refractivity contribution in [1.82, 2.24) is 24.5 Å². The van der Waals surface area contributed by atoms with Crippen LogP contribution in [0.5, 0.6) is 5.75 Å². The topological polar surface area (TPSA) is 81.6 Å². The van der Waals surface area contributed by atoms with Crippen molar-refractivity contribution >= 4 is 41.4 Å². The van der Waals surface area contributed by atoms with E-state index in [1.165, 1.54) is 17.2 Å². The first kappa shape index (κ1) is 26.0. The van der Waals surface area contributed by atoms with Gasteiger partial charge >= 0.3 is 6.18 Å². The molecule has 3 aromatic heterocycles. The van der Waals surface area contributed by atoms with E-state index in [0.717, 1.165) is 5.39 Å². The number of para-hydroxylation sites is 1.